The van der Waals surface area contributed by atoms with E-state index in [1.165, 1.54) is 0 Å². The molecule has 66 valence electrons. The Balaban J connectivity index is 2.37. The smallest absolute Gasteiger partial charge is 0.424 e. The molecule has 0 bridgehead atoms. The van der Waals surface area contributed by atoms with Crippen molar-refractivity contribution < 1.29 is 9.53 Å². The number of ether oxygens (including phenoxy) is 1. The fourth-order valence-corrected chi connectivity index (χ4v) is 0.669. The van der Waals surface area contributed by atoms with Crippen LogP contribution in [0.5, 0.6) is 0 Å². The molecule has 0 unspecified atom stereocenters. The van der Waals surface area contributed by atoms with Gasteiger partial charge in [-0.3, -0.25) is 9.59 Å². The van der Waals surface area contributed by atoms with Crippen LogP contribution in [0, 0.1) is 0 Å². The lowest BCUT2D eigenvalue weighted by molar-refractivity contribution is 0.148. The normalized spacial score (nSPS) is 10.4. The Morgan fingerprint density at radius 3 is 2.42 bits per heavy atom. The third-order valence-corrected chi connectivity index (χ3v) is 1.45. The molecule has 1 heterocycles. The van der Waals surface area contributed by atoms with Crippen LogP contribution in [0.1, 0.15) is 19.8 Å². The van der Waals surface area contributed by atoms with E-state index < -0.39 is 17.2 Å². The highest BCUT2D eigenvalue weighted by Gasteiger charge is 2.24. The zero-order valence-electron chi connectivity index (χ0n) is 6.70. The van der Waals surface area contributed by atoms with Gasteiger partial charge < -0.3 is 4.74 Å². The Morgan fingerprint density at radius 1 is 1.42 bits per heavy atom. The SMILES string of the molecule is CCCCOC(=O)n1c(=O)c1=O. The second-order valence-electron chi connectivity index (χ2n) is 2.41. The van der Waals surface area contributed by atoms with Gasteiger partial charge in [0, 0.05) is 0 Å². The summed E-state index contributed by atoms with van der Waals surface area (Å²) in [5.41, 5.74) is -1.56. The van der Waals surface area contributed by atoms with Crippen LogP contribution in [0.15, 0.2) is 9.59 Å². The monoisotopic (exact) mass is 171 g/mol. The molecule has 0 fully saturated rings. The molecular formula is C7H9NO4. The van der Waals surface area contributed by atoms with E-state index in [1.807, 2.05) is 6.92 Å². The van der Waals surface area contributed by atoms with Crippen molar-refractivity contribution in [2.24, 2.45) is 0 Å². The lowest BCUT2D eigenvalue weighted by atomic mass is 10.4. The van der Waals surface area contributed by atoms with Gasteiger partial charge in [-0.15, -0.1) is 0 Å². The first-order valence-electron chi connectivity index (χ1n) is 3.73. The molecule has 0 aliphatic carbocycles. The fraction of sp³-hybridized carbons (Fsp3) is 0.571. The number of aromatic nitrogens is 1. The van der Waals surface area contributed by atoms with E-state index in [0.29, 0.717) is 4.57 Å². The van der Waals surface area contributed by atoms with Crippen LogP contribution in [0.3, 0.4) is 0 Å². The minimum atomic E-state index is -0.849. The van der Waals surface area contributed by atoms with Crippen molar-refractivity contribution >= 4 is 6.09 Å². The summed E-state index contributed by atoms with van der Waals surface area (Å²) < 4.78 is 5.07. The molecule has 1 rings (SSSR count). The summed E-state index contributed by atoms with van der Waals surface area (Å²) in [6.45, 7) is 2.20. The molecule has 0 aliphatic heterocycles. The molecule has 0 atom stereocenters. The summed E-state index contributed by atoms with van der Waals surface area (Å²) in [4.78, 5) is 31.5. The molecule has 0 N–H and O–H groups in total. The van der Waals surface area contributed by atoms with Crippen LogP contribution in [0.4, 0.5) is 4.79 Å². The van der Waals surface area contributed by atoms with Gasteiger partial charge >= 0.3 is 17.2 Å². The summed E-state index contributed by atoms with van der Waals surface area (Å²) in [6.07, 6.45) is 0.787. The Kier molecular flexibility index (Phi) is 2.42. The molecule has 12 heavy (non-hydrogen) atoms. The zero-order chi connectivity index (χ0) is 9.14. The average molecular weight is 171 g/mol. The lowest BCUT2D eigenvalue weighted by Gasteiger charge is -1.97. The minimum Gasteiger partial charge on any atom is -0.449 e. The molecule has 0 saturated heterocycles. The van der Waals surface area contributed by atoms with Gasteiger partial charge in [-0.2, -0.15) is 4.57 Å². The first-order valence-corrected chi connectivity index (χ1v) is 3.73. The van der Waals surface area contributed by atoms with Gasteiger partial charge in [0.25, 0.3) is 0 Å². The largest absolute Gasteiger partial charge is 0.449 e. The van der Waals surface area contributed by atoms with Crippen molar-refractivity contribution in [1.29, 1.82) is 0 Å². The van der Waals surface area contributed by atoms with Crippen LogP contribution in [0.25, 0.3) is 0 Å². The molecule has 5 heteroatoms. The maximum Gasteiger partial charge on any atom is 0.424 e. The third-order valence-electron chi connectivity index (χ3n) is 1.45. The van der Waals surface area contributed by atoms with Gasteiger partial charge in [-0.25, -0.2) is 4.79 Å². The van der Waals surface area contributed by atoms with Gasteiger partial charge in [-0.1, -0.05) is 13.3 Å². The molecule has 0 aliphatic rings. The lowest BCUT2D eigenvalue weighted by Crippen LogP contribution is -2.13. The predicted molar refractivity (Wildman–Crippen MR) is 41.0 cm³/mol. The van der Waals surface area contributed by atoms with E-state index in [0.717, 1.165) is 12.8 Å². The molecule has 0 spiro atoms. The highest BCUT2D eigenvalue weighted by Crippen LogP contribution is 1.89. The number of rotatable bonds is 3. The molecule has 1 aromatic rings. The van der Waals surface area contributed by atoms with E-state index >= 15 is 0 Å². The van der Waals surface area contributed by atoms with Crippen molar-refractivity contribution in [2.45, 2.75) is 19.8 Å². The molecule has 0 aromatic carbocycles. The van der Waals surface area contributed by atoms with Crippen molar-refractivity contribution in [3.63, 3.8) is 0 Å². The van der Waals surface area contributed by atoms with Crippen molar-refractivity contribution in [3.8, 4) is 0 Å². The van der Waals surface area contributed by atoms with Gasteiger partial charge in [0.15, 0.2) is 0 Å². The van der Waals surface area contributed by atoms with Crippen LogP contribution in [0.2, 0.25) is 0 Å². The first kappa shape index (κ1) is 8.70. The highest BCUT2D eigenvalue weighted by molar-refractivity contribution is 5.71. The quantitative estimate of drug-likeness (QED) is 0.469. The van der Waals surface area contributed by atoms with E-state index in [9.17, 15) is 14.4 Å². The van der Waals surface area contributed by atoms with Crippen LogP contribution in [-0.2, 0) is 4.74 Å². The molecule has 0 saturated carbocycles. The number of carbonyl (C=O) groups excluding carboxylic acids is 1. The summed E-state index contributed by atoms with van der Waals surface area (Å²) in [7, 11) is 0. The zero-order valence-corrected chi connectivity index (χ0v) is 6.70. The number of carbonyl (C=O) groups is 1. The fourth-order valence-electron chi connectivity index (χ4n) is 0.669. The van der Waals surface area contributed by atoms with Crippen LogP contribution in [-0.4, -0.2) is 17.3 Å². The number of hydrogen-bond donors (Lipinski definition) is 0. The summed E-state index contributed by atoms with van der Waals surface area (Å²) in [6, 6.07) is 0. The van der Waals surface area contributed by atoms with Crippen molar-refractivity contribution in [3.05, 3.63) is 20.7 Å². The Morgan fingerprint density at radius 2 is 2.00 bits per heavy atom. The topological polar surface area (TPSA) is 65.4 Å². The number of unbranched alkanes of at least 4 members (excludes halogenated alkanes) is 1. The van der Waals surface area contributed by atoms with E-state index in [4.69, 9.17) is 0 Å². The van der Waals surface area contributed by atoms with Gasteiger partial charge in [0.1, 0.15) is 0 Å². The molecule has 0 amide bonds. The maximum atomic E-state index is 10.8. The van der Waals surface area contributed by atoms with E-state index in [1.54, 1.807) is 0 Å². The summed E-state index contributed by atoms with van der Waals surface area (Å²) >= 11 is 0. The van der Waals surface area contributed by atoms with Crippen molar-refractivity contribution in [2.75, 3.05) is 6.61 Å². The van der Waals surface area contributed by atoms with Crippen molar-refractivity contribution in [1.82, 2.24) is 4.57 Å². The third kappa shape index (κ3) is 1.61. The molecular weight excluding hydrogens is 162 g/mol. The second-order valence-corrected chi connectivity index (χ2v) is 2.41. The van der Waals surface area contributed by atoms with Gasteiger partial charge in [0.2, 0.25) is 0 Å². The van der Waals surface area contributed by atoms with Gasteiger partial charge in [0.05, 0.1) is 6.61 Å². The highest BCUT2D eigenvalue weighted by atomic mass is 16.6. The van der Waals surface area contributed by atoms with Crippen LogP contribution < -0.4 is 11.1 Å². The predicted octanol–water partition coefficient (Wildman–Crippen LogP) is -0.131. The van der Waals surface area contributed by atoms with Crippen LogP contribution >= 0.6 is 0 Å². The summed E-state index contributed by atoms with van der Waals surface area (Å²) in [5.74, 6) is 0. The molecule has 1 aromatic heterocycles. The standard InChI is InChI=1S/C7H9NO4/c1-2-3-4-12-7(11)8-5(9)6(8)10/h2-4H2,1H3. The van der Waals surface area contributed by atoms with E-state index in [-0.39, 0.29) is 6.61 Å². The number of hydrogen-bond acceptors (Lipinski definition) is 4. The Hall–Kier alpha value is -1.39. The molecule has 5 nitrogen and oxygen atoms in total. The Bertz CT molecular complexity index is 319. The molecule has 0 radical (unpaired) electrons. The van der Waals surface area contributed by atoms with E-state index in [2.05, 4.69) is 4.74 Å². The number of nitrogens with zero attached hydrogens (tertiary/aromatic N) is 1. The average Bonchev–Trinajstić information content (AvgIpc) is 2.61. The first-order chi connectivity index (χ1) is 5.68. The second kappa shape index (κ2) is 3.34. The van der Waals surface area contributed by atoms with Gasteiger partial charge in [-0.05, 0) is 6.42 Å². The maximum absolute atomic E-state index is 10.8. The Labute approximate surface area is 68.3 Å². The minimum absolute atomic E-state index is 0.256. The summed E-state index contributed by atoms with van der Waals surface area (Å²) in [5, 5.41) is 0.